The first-order valence-electron chi connectivity index (χ1n) is 4.39. The second-order valence-corrected chi connectivity index (χ2v) is 3.22. The fourth-order valence-electron chi connectivity index (χ4n) is 1.02. The van der Waals surface area contributed by atoms with Crippen LogP contribution < -0.4 is 10.5 Å². The van der Waals surface area contributed by atoms with Crippen molar-refractivity contribution >= 4 is 11.6 Å². The van der Waals surface area contributed by atoms with E-state index in [9.17, 15) is 0 Å². The molecular weight excluding hydrogens is 186 g/mol. The van der Waals surface area contributed by atoms with Gasteiger partial charge in [0.25, 0.3) is 0 Å². The summed E-state index contributed by atoms with van der Waals surface area (Å²) in [7, 11) is 0. The van der Waals surface area contributed by atoms with Gasteiger partial charge in [0.1, 0.15) is 11.9 Å². The highest BCUT2D eigenvalue weighted by molar-refractivity contribution is 6.32. The molecule has 0 radical (unpaired) electrons. The van der Waals surface area contributed by atoms with Crippen molar-refractivity contribution in [1.82, 2.24) is 0 Å². The summed E-state index contributed by atoms with van der Waals surface area (Å²) in [6.45, 7) is 2.55. The molecule has 0 heterocycles. The largest absolute Gasteiger partial charge is 0.488 e. The van der Waals surface area contributed by atoms with Crippen LogP contribution in [-0.2, 0) is 0 Å². The van der Waals surface area contributed by atoms with Gasteiger partial charge in [-0.3, -0.25) is 0 Å². The Morgan fingerprint density at radius 1 is 1.46 bits per heavy atom. The van der Waals surface area contributed by atoms with E-state index >= 15 is 0 Å². The van der Waals surface area contributed by atoms with Crippen LogP contribution in [0.2, 0.25) is 5.02 Å². The number of hydrogen-bond acceptors (Lipinski definition) is 2. The number of rotatable bonds is 4. The highest BCUT2D eigenvalue weighted by atomic mass is 35.5. The van der Waals surface area contributed by atoms with E-state index in [1.165, 1.54) is 0 Å². The average Bonchev–Trinajstić information content (AvgIpc) is 2.17. The summed E-state index contributed by atoms with van der Waals surface area (Å²) in [5.41, 5.74) is 5.51. The molecule has 13 heavy (non-hydrogen) atoms. The first-order valence-corrected chi connectivity index (χ1v) is 4.77. The predicted molar refractivity (Wildman–Crippen MR) is 55.2 cm³/mol. The zero-order valence-corrected chi connectivity index (χ0v) is 8.42. The summed E-state index contributed by atoms with van der Waals surface area (Å²) in [5, 5.41) is 0.634. The van der Waals surface area contributed by atoms with Gasteiger partial charge in [-0.15, -0.1) is 0 Å². The van der Waals surface area contributed by atoms with Crippen molar-refractivity contribution < 1.29 is 4.74 Å². The van der Waals surface area contributed by atoms with Crippen LogP contribution in [0.25, 0.3) is 0 Å². The topological polar surface area (TPSA) is 35.2 Å². The number of ether oxygens (including phenoxy) is 1. The first kappa shape index (κ1) is 10.4. The molecule has 0 saturated heterocycles. The van der Waals surface area contributed by atoms with E-state index < -0.39 is 0 Å². The molecule has 0 fully saturated rings. The highest BCUT2D eigenvalue weighted by Gasteiger charge is 2.07. The summed E-state index contributed by atoms with van der Waals surface area (Å²) in [6, 6.07) is 7.42. The zero-order chi connectivity index (χ0) is 9.68. The minimum atomic E-state index is 0.0555. The molecule has 0 aliphatic carbocycles. The van der Waals surface area contributed by atoms with E-state index in [1.807, 2.05) is 25.1 Å². The molecule has 2 nitrogen and oxygen atoms in total. The van der Waals surface area contributed by atoms with E-state index in [1.54, 1.807) is 6.07 Å². The fourth-order valence-corrected chi connectivity index (χ4v) is 1.20. The van der Waals surface area contributed by atoms with Gasteiger partial charge in [0, 0.05) is 6.54 Å². The Kier molecular flexibility index (Phi) is 4.06. The van der Waals surface area contributed by atoms with Crippen LogP contribution in [0.15, 0.2) is 24.3 Å². The smallest absolute Gasteiger partial charge is 0.138 e. The van der Waals surface area contributed by atoms with Gasteiger partial charge in [-0.2, -0.15) is 0 Å². The molecule has 0 aliphatic rings. The second kappa shape index (κ2) is 5.10. The highest BCUT2D eigenvalue weighted by Crippen LogP contribution is 2.24. The van der Waals surface area contributed by atoms with E-state index in [-0.39, 0.29) is 6.10 Å². The Hall–Kier alpha value is -0.730. The van der Waals surface area contributed by atoms with Gasteiger partial charge in [0.15, 0.2) is 0 Å². The summed E-state index contributed by atoms with van der Waals surface area (Å²) in [6.07, 6.45) is 0.946. The molecule has 0 aromatic heterocycles. The fraction of sp³-hybridized carbons (Fsp3) is 0.400. The summed E-state index contributed by atoms with van der Waals surface area (Å²) < 4.78 is 5.59. The number of hydrogen-bond donors (Lipinski definition) is 1. The summed E-state index contributed by atoms with van der Waals surface area (Å²) in [5.74, 6) is 0.710. The first-order chi connectivity index (χ1) is 6.27. The Balaban J connectivity index is 2.67. The van der Waals surface area contributed by atoms with Crippen LogP contribution in [0.3, 0.4) is 0 Å². The Morgan fingerprint density at radius 2 is 2.15 bits per heavy atom. The van der Waals surface area contributed by atoms with E-state index in [0.717, 1.165) is 6.42 Å². The Morgan fingerprint density at radius 3 is 2.69 bits per heavy atom. The van der Waals surface area contributed by atoms with Crippen molar-refractivity contribution in [3.8, 4) is 5.75 Å². The lowest BCUT2D eigenvalue weighted by atomic mass is 10.2. The standard InChI is InChI=1S/C10H14ClNO/c1-2-8(7-12)13-10-6-4-3-5-9(10)11/h3-6,8H,2,7,12H2,1H3/t8-/m0/s1. The van der Waals surface area contributed by atoms with Crippen LogP contribution in [0.4, 0.5) is 0 Å². The monoisotopic (exact) mass is 199 g/mol. The molecule has 2 N–H and O–H groups in total. The van der Waals surface area contributed by atoms with E-state index in [2.05, 4.69) is 0 Å². The normalized spacial score (nSPS) is 12.5. The molecule has 1 atom stereocenters. The minimum absolute atomic E-state index is 0.0555. The Labute approximate surface area is 83.6 Å². The lowest BCUT2D eigenvalue weighted by Crippen LogP contribution is -2.25. The average molecular weight is 200 g/mol. The van der Waals surface area contributed by atoms with Gasteiger partial charge in [0.2, 0.25) is 0 Å². The second-order valence-electron chi connectivity index (χ2n) is 2.81. The molecule has 1 aromatic carbocycles. The molecule has 72 valence electrons. The lowest BCUT2D eigenvalue weighted by Gasteiger charge is -2.15. The van der Waals surface area contributed by atoms with E-state index in [0.29, 0.717) is 17.3 Å². The third kappa shape index (κ3) is 2.90. The van der Waals surface area contributed by atoms with Crippen LogP contribution in [0.1, 0.15) is 13.3 Å². The predicted octanol–water partition coefficient (Wildman–Crippen LogP) is 2.46. The van der Waals surface area contributed by atoms with Crippen molar-refractivity contribution in [2.75, 3.05) is 6.54 Å². The molecule has 0 saturated carbocycles. The van der Waals surface area contributed by atoms with Gasteiger partial charge in [-0.25, -0.2) is 0 Å². The van der Waals surface area contributed by atoms with Crippen LogP contribution in [0, 0.1) is 0 Å². The van der Waals surface area contributed by atoms with Crippen molar-refractivity contribution in [3.63, 3.8) is 0 Å². The summed E-state index contributed by atoms with van der Waals surface area (Å²) in [4.78, 5) is 0. The molecular formula is C10H14ClNO. The maximum absolute atomic E-state index is 5.92. The lowest BCUT2D eigenvalue weighted by molar-refractivity contribution is 0.205. The Bertz CT molecular complexity index is 261. The number of para-hydroxylation sites is 1. The van der Waals surface area contributed by atoms with Gasteiger partial charge in [0.05, 0.1) is 5.02 Å². The SMILES string of the molecule is CC[C@@H](CN)Oc1ccccc1Cl. The molecule has 0 amide bonds. The molecule has 0 aliphatic heterocycles. The van der Waals surface area contributed by atoms with Gasteiger partial charge in [-0.1, -0.05) is 30.7 Å². The van der Waals surface area contributed by atoms with Crippen molar-refractivity contribution in [2.45, 2.75) is 19.4 Å². The van der Waals surface area contributed by atoms with Crippen LogP contribution in [0.5, 0.6) is 5.75 Å². The number of benzene rings is 1. The molecule has 0 unspecified atom stereocenters. The van der Waals surface area contributed by atoms with Crippen molar-refractivity contribution in [3.05, 3.63) is 29.3 Å². The minimum Gasteiger partial charge on any atom is -0.488 e. The molecule has 1 aromatic rings. The van der Waals surface area contributed by atoms with E-state index in [4.69, 9.17) is 22.1 Å². The zero-order valence-electron chi connectivity index (χ0n) is 7.66. The van der Waals surface area contributed by atoms with Gasteiger partial charge < -0.3 is 10.5 Å². The summed E-state index contributed by atoms with van der Waals surface area (Å²) >= 11 is 5.92. The number of halogens is 1. The molecule has 0 spiro atoms. The third-order valence-electron chi connectivity index (χ3n) is 1.85. The van der Waals surface area contributed by atoms with Crippen molar-refractivity contribution in [1.29, 1.82) is 0 Å². The van der Waals surface area contributed by atoms with Crippen LogP contribution in [-0.4, -0.2) is 12.6 Å². The quantitative estimate of drug-likeness (QED) is 0.809. The van der Waals surface area contributed by atoms with Crippen LogP contribution >= 0.6 is 11.6 Å². The molecule has 3 heteroatoms. The maximum Gasteiger partial charge on any atom is 0.138 e. The van der Waals surface area contributed by atoms with Gasteiger partial charge in [-0.05, 0) is 18.6 Å². The molecule has 0 bridgehead atoms. The van der Waals surface area contributed by atoms with Crippen molar-refractivity contribution in [2.24, 2.45) is 5.73 Å². The third-order valence-corrected chi connectivity index (χ3v) is 2.16. The molecule has 1 rings (SSSR count). The van der Waals surface area contributed by atoms with Gasteiger partial charge >= 0.3 is 0 Å². The number of nitrogens with two attached hydrogens (primary N) is 1. The maximum atomic E-state index is 5.92.